The van der Waals surface area contributed by atoms with Crippen LogP contribution in [0.2, 0.25) is 0 Å². The van der Waals surface area contributed by atoms with Gasteiger partial charge in [0.25, 0.3) is 0 Å². The smallest absolute Gasteiger partial charge is 0.248 e. The highest BCUT2D eigenvalue weighted by Gasteiger charge is 2.14. The van der Waals surface area contributed by atoms with Gasteiger partial charge in [-0.2, -0.15) is 0 Å². The number of hydrogen-bond donors (Lipinski definition) is 2. The van der Waals surface area contributed by atoms with Crippen molar-refractivity contribution in [2.24, 2.45) is 5.73 Å². The summed E-state index contributed by atoms with van der Waals surface area (Å²) < 4.78 is 0. The maximum absolute atomic E-state index is 11.1. The van der Waals surface area contributed by atoms with E-state index >= 15 is 0 Å². The van der Waals surface area contributed by atoms with Crippen molar-refractivity contribution in [2.75, 3.05) is 5.32 Å². The SMILES string of the molecule is C=C(c1ccccc1)C(N)Nc1cc(=O)c1=O. The lowest BCUT2D eigenvalue weighted by molar-refractivity contribution is 0.957. The van der Waals surface area contributed by atoms with E-state index < -0.39 is 17.0 Å². The molecule has 4 nitrogen and oxygen atoms in total. The minimum atomic E-state index is -0.583. The monoisotopic (exact) mass is 228 g/mol. The molecule has 1 unspecified atom stereocenters. The standard InChI is InChI=1S/C13H12N2O2/c1-8(9-5-3-2-4-6-9)13(14)15-10-7-11(16)12(10)17/h2-7,13,15H,1,14H2. The number of rotatable bonds is 4. The van der Waals surface area contributed by atoms with Gasteiger partial charge in [-0.1, -0.05) is 36.9 Å². The lowest BCUT2D eigenvalue weighted by Crippen LogP contribution is -2.39. The van der Waals surface area contributed by atoms with Gasteiger partial charge in [0.05, 0.1) is 5.69 Å². The minimum Gasteiger partial charge on any atom is -0.363 e. The molecule has 0 bridgehead atoms. The normalized spacial score (nSPS) is 12.3. The van der Waals surface area contributed by atoms with Crippen LogP contribution >= 0.6 is 0 Å². The first-order chi connectivity index (χ1) is 8.09. The van der Waals surface area contributed by atoms with Crippen molar-refractivity contribution in [1.29, 1.82) is 0 Å². The maximum atomic E-state index is 11.1. The van der Waals surface area contributed by atoms with Crippen LogP contribution in [0, 0.1) is 0 Å². The zero-order valence-corrected chi connectivity index (χ0v) is 9.14. The highest BCUT2D eigenvalue weighted by atomic mass is 16.2. The topological polar surface area (TPSA) is 72.2 Å². The van der Waals surface area contributed by atoms with Crippen LogP contribution in [0.5, 0.6) is 0 Å². The molecule has 0 spiro atoms. The number of anilines is 1. The van der Waals surface area contributed by atoms with Crippen molar-refractivity contribution < 1.29 is 0 Å². The van der Waals surface area contributed by atoms with Crippen molar-refractivity contribution in [3.05, 3.63) is 69.0 Å². The molecule has 0 aliphatic carbocycles. The molecule has 3 N–H and O–H groups in total. The van der Waals surface area contributed by atoms with Crippen LogP contribution < -0.4 is 21.9 Å². The number of nitrogens with one attached hydrogen (secondary N) is 1. The van der Waals surface area contributed by atoms with E-state index in [-0.39, 0.29) is 5.69 Å². The molecule has 2 aromatic carbocycles. The molecule has 2 aromatic rings. The Morgan fingerprint density at radius 3 is 2.41 bits per heavy atom. The van der Waals surface area contributed by atoms with Crippen molar-refractivity contribution in [2.45, 2.75) is 6.17 Å². The largest absolute Gasteiger partial charge is 0.363 e. The van der Waals surface area contributed by atoms with E-state index in [9.17, 15) is 9.59 Å². The van der Waals surface area contributed by atoms with Crippen molar-refractivity contribution in [3.63, 3.8) is 0 Å². The molecule has 1 atom stereocenters. The summed E-state index contributed by atoms with van der Waals surface area (Å²) in [6.45, 7) is 3.87. The van der Waals surface area contributed by atoms with Crippen LogP contribution in [0.25, 0.3) is 5.57 Å². The number of benzene rings is 1. The number of hydrogen-bond acceptors (Lipinski definition) is 4. The first-order valence-electron chi connectivity index (χ1n) is 5.16. The lowest BCUT2D eigenvalue weighted by Gasteiger charge is -2.18. The average molecular weight is 228 g/mol. The fraction of sp³-hybridized carbons (Fsp3) is 0.0769. The summed E-state index contributed by atoms with van der Waals surface area (Å²) in [7, 11) is 0. The third-order valence-electron chi connectivity index (χ3n) is 2.57. The molecule has 4 heteroatoms. The molecule has 86 valence electrons. The molecule has 2 rings (SSSR count). The van der Waals surface area contributed by atoms with E-state index in [0.29, 0.717) is 5.57 Å². The minimum absolute atomic E-state index is 0.250. The zero-order valence-electron chi connectivity index (χ0n) is 9.14. The predicted molar refractivity (Wildman–Crippen MR) is 68.4 cm³/mol. The molecule has 0 aromatic heterocycles. The molecule has 0 aliphatic rings. The van der Waals surface area contributed by atoms with Gasteiger partial charge in [0.1, 0.15) is 6.17 Å². The van der Waals surface area contributed by atoms with E-state index in [1.807, 2.05) is 30.3 Å². The van der Waals surface area contributed by atoms with Crippen molar-refractivity contribution >= 4 is 11.3 Å². The molecule has 0 amide bonds. The van der Waals surface area contributed by atoms with Gasteiger partial charge in [0.2, 0.25) is 10.9 Å². The highest BCUT2D eigenvalue weighted by molar-refractivity contribution is 5.70. The average Bonchev–Trinajstić information content (AvgIpc) is 2.38. The first kappa shape index (κ1) is 11.3. The maximum Gasteiger partial charge on any atom is 0.248 e. The van der Waals surface area contributed by atoms with Gasteiger partial charge < -0.3 is 11.1 Å². The third-order valence-corrected chi connectivity index (χ3v) is 2.57. The van der Waals surface area contributed by atoms with E-state index in [4.69, 9.17) is 5.73 Å². The van der Waals surface area contributed by atoms with Gasteiger partial charge in [0.15, 0.2) is 0 Å². The number of nitrogens with two attached hydrogens (primary N) is 1. The lowest BCUT2D eigenvalue weighted by atomic mass is 10.1. The summed E-state index contributed by atoms with van der Waals surface area (Å²) >= 11 is 0. The van der Waals surface area contributed by atoms with Crippen molar-refractivity contribution in [3.8, 4) is 0 Å². The van der Waals surface area contributed by atoms with Crippen LogP contribution in [0.1, 0.15) is 5.56 Å². The Labute approximate surface area is 98.1 Å². The van der Waals surface area contributed by atoms with E-state index in [1.54, 1.807) is 0 Å². The Morgan fingerprint density at radius 1 is 1.24 bits per heavy atom. The summed E-state index contributed by atoms with van der Waals surface area (Å²) in [6.07, 6.45) is -0.583. The molecule has 0 fully saturated rings. The van der Waals surface area contributed by atoms with E-state index in [2.05, 4.69) is 11.9 Å². The molecule has 0 saturated heterocycles. The fourth-order valence-electron chi connectivity index (χ4n) is 1.51. The van der Waals surface area contributed by atoms with Gasteiger partial charge in [0, 0.05) is 6.07 Å². The molecule has 0 aliphatic heterocycles. The second-order valence-electron chi connectivity index (χ2n) is 3.76. The first-order valence-corrected chi connectivity index (χ1v) is 5.16. The van der Waals surface area contributed by atoms with Gasteiger partial charge in [-0.05, 0) is 11.1 Å². The van der Waals surface area contributed by atoms with Crippen LogP contribution in [-0.2, 0) is 0 Å². The molecular weight excluding hydrogens is 216 g/mol. The molecule has 0 radical (unpaired) electrons. The van der Waals surface area contributed by atoms with Gasteiger partial charge >= 0.3 is 0 Å². The van der Waals surface area contributed by atoms with Gasteiger partial charge in [-0.3, -0.25) is 9.59 Å². The summed E-state index contributed by atoms with van der Waals surface area (Å²) in [5.74, 6) is 0. The fourth-order valence-corrected chi connectivity index (χ4v) is 1.51. The zero-order chi connectivity index (χ0) is 12.4. The molecular formula is C13H12N2O2. The highest BCUT2D eigenvalue weighted by Crippen LogP contribution is 2.15. The summed E-state index contributed by atoms with van der Waals surface area (Å²) in [5, 5.41) is 2.76. The quantitative estimate of drug-likeness (QED) is 0.596. The van der Waals surface area contributed by atoms with Crippen LogP contribution in [-0.4, -0.2) is 6.17 Å². The van der Waals surface area contributed by atoms with Crippen molar-refractivity contribution in [1.82, 2.24) is 0 Å². The Hall–Kier alpha value is -2.20. The second kappa shape index (κ2) is 4.35. The predicted octanol–water partition coefficient (Wildman–Crippen LogP) is 0.693. The Morgan fingerprint density at radius 2 is 1.88 bits per heavy atom. The second-order valence-corrected chi connectivity index (χ2v) is 3.76. The third kappa shape index (κ3) is 2.16. The molecule has 0 heterocycles. The van der Waals surface area contributed by atoms with Crippen LogP contribution in [0.3, 0.4) is 0 Å². The van der Waals surface area contributed by atoms with Crippen LogP contribution in [0.4, 0.5) is 5.69 Å². The Balaban J connectivity index is 2.10. The van der Waals surface area contributed by atoms with Crippen LogP contribution in [0.15, 0.2) is 52.6 Å². The van der Waals surface area contributed by atoms with Gasteiger partial charge in [-0.25, -0.2) is 0 Å². The van der Waals surface area contributed by atoms with E-state index in [0.717, 1.165) is 5.56 Å². The van der Waals surface area contributed by atoms with Gasteiger partial charge in [-0.15, -0.1) is 0 Å². The summed E-state index contributed by atoms with van der Waals surface area (Å²) in [4.78, 5) is 21.8. The summed E-state index contributed by atoms with van der Waals surface area (Å²) in [6, 6.07) is 10.7. The summed E-state index contributed by atoms with van der Waals surface area (Å²) in [5.41, 5.74) is 6.64. The molecule has 0 saturated carbocycles. The molecule has 17 heavy (non-hydrogen) atoms. The van der Waals surface area contributed by atoms with E-state index in [1.165, 1.54) is 6.07 Å². The Bertz CT molecular complexity index is 610. The Kier molecular flexibility index (Phi) is 2.89.